The largest absolute Gasteiger partial charge is 0.382 e. The molecule has 1 N–H and O–H groups in total. The fourth-order valence-electron chi connectivity index (χ4n) is 3.24. The second-order valence-electron chi connectivity index (χ2n) is 6.49. The first-order chi connectivity index (χ1) is 9.92. The Balaban J connectivity index is 2.03. The van der Waals surface area contributed by atoms with E-state index in [4.69, 9.17) is 0 Å². The minimum atomic E-state index is -3.11. The lowest BCUT2D eigenvalue weighted by molar-refractivity contribution is 0.276. The van der Waals surface area contributed by atoms with E-state index in [1.807, 2.05) is 19.1 Å². The molecular formula is C17H27NO2S. The molecule has 3 unspecified atom stereocenters. The molecule has 0 saturated heterocycles. The molecule has 0 aliphatic heterocycles. The lowest BCUT2D eigenvalue weighted by Gasteiger charge is -2.33. The van der Waals surface area contributed by atoms with Crippen molar-refractivity contribution in [2.24, 2.45) is 11.8 Å². The highest BCUT2D eigenvalue weighted by Crippen LogP contribution is 2.31. The van der Waals surface area contributed by atoms with E-state index in [1.54, 1.807) is 12.1 Å². The average Bonchev–Trinajstić information content (AvgIpc) is 2.42. The summed E-state index contributed by atoms with van der Waals surface area (Å²) >= 11 is 0. The van der Waals surface area contributed by atoms with Gasteiger partial charge in [-0.15, -0.1) is 0 Å². The van der Waals surface area contributed by atoms with Gasteiger partial charge in [0.2, 0.25) is 0 Å². The summed E-state index contributed by atoms with van der Waals surface area (Å²) in [5, 5.41) is 3.57. The summed E-state index contributed by atoms with van der Waals surface area (Å²) in [7, 11) is -3.11. The van der Waals surface area contributed by atoms with Crippen LogP contribution in [0.5, 0.6) is 0 Å². The lowest BCUT2D eigenvalue weighted by Crippen LogP contribution is -2.32. The summed E-state index contributed by atoms with van der Waals surface area (Å²) in [6.45, 7) is 6.51. The molecule has 1 aliphatic rings. The molecule has 3 atom stereocenters. The predicted molar refractivity (Wildman–Crippen MR) is 88.4 cm³/mol. The van der Waals surface area contributed by atoms with Crippen molar-refractivity contribution in [3.63, 3.8) is 0 Å². The second kappa shape index (κ2) is 6.82. The third-order valence-corrected chi connectivity index (χ3v) is 6.41. The van der Waals surface area contributed by atoms with Gasteiger partial charge in [0.1, 0.15) is 0 Å². The Labute approximate surface area is 129 Å². The SMILES string of the molecule is CCCS(=O)(=O)c1ccc(NC2CCC(C)CC2C)cc1. The summed E-state index contributed by atoms with van der Waals surface area (Å²) < 4.78 is 24.0. The molecule has 0 radical (unpaired) electrons. The number of hydrogen-bond acceptors (Lipinski definition) is 3. The molecule has 2 rings (SSSR count). The molecule has 0 bridgehead atoms. The monoisotopic (exact) mass is 309 g/mol. The van der Waals surface area contributed by atoms with Crippen LogP contribution in [0.15, 0.2) is 29.2 Å². The molecule has 1 fully saturated rings. The van der Waals surface area contributed by atoms with E-state index in [9.17, 15) is 8.42 Å². The Kier molecular flexibility index (Phi) is 5.31. The van der Waals surface area contributed by atoms with E-state index in [1.165, 1.54) is 19.3 Å². The van der Waals surface area contributed by atoms with E-state index in [0.29, 0.717) is 23.3 Å². The fourth-order valence-corrected chi connectivity index (χ4v) is 4.56. The van der Waals surface area contributed by atoms with E-state index in [-0.39, 0.29) is 5.75 Å². The number of rotatable bonds is 5. The highest BCUT2D eigenvalue weighted by molar-refractivity contribution is 7.91. The maximum atomic E-state index is 12.0. The zero-order valence-electron chi connectivity index (χ0n) is 13.3. The van der Waals surface area contributed by atoms with Gasteiger partial charge >= 0.3 is 0 Å². The van der Waals surface area contributed by atoms with E-state index in [2.05, 4.69) is 19.2 Å². The fraction of sp³-hybridized carbons (Fsp3) is 0.647. The van der Waals surface area contributed by atoms with Crippen LogP contribution in [0.1, 0.15) is 46.5 Å². The standard InChI is InChI=1S/C17H27NO2S/c1-4-11-21(19,20)16-8-6-15(7-9-16)18-17-10-5-13(2)12-14(17)3/h6-9,13-14,17-18H,4-5,10-12H2,1-3H3. The Morgan fingerprint density at radius 1 is 1.14 bits per heavy atom. The number of anilines is 1. The van der Waals surface area contributed by atoms with Gasteiger partial charge in [0.25, 0.3) is 0 Å². The summed E-state index contributed by atoms with van der Waals surface area (Å²) in [4.78, 5) is 0.431. The summed E-state index contributed by atoms with van der Waals surface area (Å²) in [5.74, 6) is 1.70. The summed E-state index contributed by atoms with van der Waals surface area (Å²) in [5.41, 5.74) is 1.02. The first kappa shape index (κ1) is 16.3. The molecule has 4 heteroatoms. The van der Waals surface area contributed by atoms with Crippen LogP contribution in [0.25, 0.3) is 0 Å². The highest BCUT2D eigenvalue weighted by atomic mass is 32.2. The first-order valence-electron chi connectivity index (χ1n) is 8.01. The highest BCUT2D eigenvalue weighted by Gasteiger charge is 2.25. The smallest absolute Gasteiger partial charge is 0.178 e. The van der Waals surface area contributed by atoms with Crippen LogP contribution in [0.3, 0.4) is 0 Å². The van der Waals surface area contributed by atoms with Crippen molar-refractivity contribution in [3.05, 3.63) is 24.3 Å². The molecular weight excluding hydrogens is 282 g/mol. The van der Waals surface area contributed by atoms with Crippen molar-refractivity contribution >= 4 is 15.5 Å². The molecule has 3 nitrogen and oxygen atoms in total. The topological polar surface area (TPSA) is 46.2 Å². The zero-order valence-corrected chi connectivity index (χ0v) is 14.1. The van der Waals surface area contributed by atoms with Crippen molar-refractivity contribution < 1.29 is 8.42 Å². The molecule has 0 spiro atoms. The minimum absolute atomic E-state index is 0.220. The molecule has 0 heterocycles. The Hall–Kier alpha value is -1.03. The van der Waals surface area contributed by atoms with Gasteiger partial charge in [0.05, 0.1) is 10.6 Å². The third-order valence-electron chi connectivity index (χ3n) is 4.47. The van der Waals surface area contributed by atoms with Crippen molar-refractivity contribution in [2.75, 3.05) is 11.1 Å². The molecule has 1 aromatic rings. The molecule has 1 aliphatic carbocycles. The van der Waals surface area contributed by atoms with E-state index in [0.717, 1.165) is 11.6 Å². The molecule has 1 saturated carbocycles. The number of sulfone groups is 1. The van der Waals surface area contributed by atoms with Gasteiger partial charge in [0.15, 0.2) is 9.84 Å². The second-order valence-corrected chi connectivity index (χ2v) is 8.60. The zero-order chi connectivity index (χ0) is 15.5. The number of benzene rings is 1. The van der Waals surface area contributed by atoms with E-state index < -0.39 is 9.84 Å². The van der Waals surface area contributed by atoms with Gasteiger partial charge in [-0.3, -0.25) is 0 Å². The van der Waals surface area contributed by atoms with Gasteiger partial charge < -0.3 is 5.32 Å². The van der Waals surface area contributed by atoms with Gasteiger partial charge in [-0.2, -0.15) is 0 Å². The molecule has 0 aromatic heterocycles. The van der Waals surface area contributed by atoms with Gasteiger partial charge in [-0.25, -0.2) is 8.42 Å². The lowest BCUT2D eigenvalue weighted by atomic mass is 9.80. The van der Waals surface area contributed by atoms with Crippen LogP contribution in [-0.4, -0.2) is 20.2 Å². The van der Waals surface area contributed by atoms with Crippen LogP contribution in [0.4, 0.5) is 5.69 Å². The molecule has 1 aromatic carbocycles. The third kappa shape index (κ3) is 4.22. The van der Waals surface area contributed by atoms with Gasteiger partial charge in [-0.05, 0) is 61.8 Å². The van der Waals surface area contributed by atoms with Crippen LogP contribution in [0.2, 0.25) is 0 Å². The number of nitrogens with one attached hydrogen (secondary N) is 1. The molecule has 0 amide bonds. The number of hydrogen-bond donors (Lipinski definition) is 1. The normalized spacial score (nSPS) is 26.5. The quantitative estimate of drug-likeness (QED) is 0.890. The van der Waals surface area contributed by atoms with Crippen LogP contribution >= 0.6 is 0 Å². The Morgan fingerprint density at radius 2 is 1.81 bits per heavy atom. The van der Waals surface area contributed by atoms with Crippen LogP contribution < -0.4 is 5.32 Å². The van der Waals surface area contributed by atoms with Crippen molar-refractivity contribution in [3.8, 4) is 0 Å². The van der Waals surface area contributed by atoms with Crippen LogP contribution in [0, 0.1) is 11.8 Å². The minimum Gasteiger partial charge on any atom is -0.382 e. The van der Waals surface area contributed by atoms with Gasteiger partial charge in [-0.1, -0.05) is 20.8 Å². The molecule has 118 valence electrons. The summed E-state index contributed by atoms with van der Waals surface area (Å²) in [6, 6.07) is 7.74. The Bertz CT molecular complexity index is 551. The first-order valence-corrected chi connectivity index (χ1v) is 9.67. The Morgan fingerprint density at radius 3 is 2.38 bits per heavy atom. The predicted octanol–water partition coefficient (Wildman–Crippen LogP) is 4.11. The van der Waals surface area contributed by atoms with Gasteiger partial charge in [0, 0.05) is 11.7 Å². The maximum absolute atomic E-state index is 12.0. The summed E-state index contributed by atoms with van der Waals surface area (Å²) in [6.07, 6.45) is 4.38. The van der Waals surface area contributed by atoms with Crippen molar-refractivity contribution in [1.82, 2.24) is 0 Å². The average molecular weight is 309 g/mol. The van der Waals surface area contributed by atoms with E-state index >= 15 is 0 Å². The maximum Gasteiger partial charge on any atom is 0.178 e. The van der Waals surface area contributed by atoms with Crippen molar-refractivity contribution in [2.45, 2.75) is 57.4 Å². The van der Waals surface area contributed by atoms with Crippen molar-refractivity contribution in [1.29, 1.82) is 0 Å². The molecule has 21 heavy (non-hydrogen) atoms. The van der Waals surface area contributed by atoms with Crippen LogP contribution in [-0.2, 0) is 9.84 Å².